The molecule has 0 aliphatic heterocycles. The van der Waals surface area contributed by atoms with E-state index < -0.39 is 5.97 Å². The Bertz CT molecular complexity index is 1040. The lowest BCUT2D eigenvalue weighted by atomic mass is 9.86. The number of nitrogens with one attached hydrogen (secondary N) is 1. The fourth-order valence-electron chi connectivity index (χ4n) is 4.05. The van der Waals surface area contributed by atoms with E-state index in [2.05, 4.69) is 12.2 Å². The van der Waals surface area contributed by atoms with E-state index in [1.165, 1.54) is 6.42 Å². The summed E-state index contributed by atoms with van der Waals surface area (Å²) in [4.78, 5) is 25.1. The molecule has 0 radical (unpaired) electrons. The van der Waals surface area contributed by atoms with E-state index in [9.17, 15) is 9.59 Å². The van der Waals surface area contributed by atoms with Gasteiger partial charge in [0.15, 0.2) is 6.61 Å². The molecule has 1 saturated carbocycles. The molecule has 0 bridgehead atoms. The molecule has 1 fully saturated rings. The zero-order valence-corrected chi connectivity index (χ0v) is 17.6. The van der Waals surface area contributed by atoms with Crippen LogP contribution in [0.5, 0.6) is 5.75 Å². The Labute approximate surface area is 181 Å². The SMILES string of the molecule is CC1CCCCC1NC(=O)COC(=O)c1oc2ccccc2c1COc1ccccc1. The van der Waals surface area contributed by atoms with Gasteiger partial charge >= 0.3 is 5.97 Å². The van der Waals surface area contributed by atoms with Gasteiger partial charge in [-0.1, -0.05) is 56.2 Å². The predicted octanol–water partition coefficient (Wildman–Crippen LogP) is 4.86. The molecule has 1 aromatic heterocycles. The summed E-state index contributed by atoms with van der Waals surface area (Å²) in [5.41, 5.74) is 1.17. The van der Waals surface area contributed by atoms with Crippen molar-refractivity contribution in [1.82, 2.24) is 5.32 Å². The van der Waals surface area contributed by atoms with Crippen LogP contribution in [0.4, 0.5) is 0 Å². The largest absolute Gasteiger partial charge is 0.489 e. The van der Waals surface area contributed by atoms with Crippen LogP contribution in [0.2, 0.25) is 0 Å². The molecule has 1 aliphatic rings. The molecule has 6 nitrogen and oxygen atoms in total. The Morgan fingerprint density at radius 3 is 2.58 bits per heavy atom. The van der Waals surface area contributed by atoms with Gasteiger partial charge in [0.25, 0.3) is 5.91 Å². The third-order valence-corrected chi connectivity index (χ3v) is 5.80. The Hall–Kier alpha value is -3.28. The molecular weight excluding hydrogens is 394 g/mol. The van der Waals surface area contributed by atoms with Crippen LogP contribution in [0.25, 0.3) is 11.0 Å². The molecule has 1 amide bonds. The normalized spacial score (nSPS) is 18.5. The maximum absolute atomic E-state index is 12.8. The summed E-state index contributed by atoms with van der Waals surface area (Å²) in [6.07, 6.45) is 4.38. The molecule has 31 heavy (non-hydrogen) atoms. The molecule has 2 aromatic carbocycles. The first kappa shape index (κ1) is 21.0. The first-order valence-electron chi connectivity index (χ1n) is 10.8. The average molecular weight is 421 g/mol. The van der Waals surface area contributed by atoms with Crippen LogP contribution in [0.15, 0.2) is 59.0 Å². The van der Waals surface area contributed by atoms with Gasteiger partial charge in [0.1, 0.15) is 17.9 Å². The fourth-order valence-corrected chi connectivity index (χ4v) is 4.05. The molecule has 1 aliphatic carbocycles. The van der Waals surface area contributed by atoms with E-state index >= 15 is 0 Å². The van der Waals surface area contributed by atoms with E-state index in [0.717, 1.165) is 24.6 Å². The van der Waals surface area contributed by atoms with Gasteiger partial charge < -0.3 is 19.2 Å². The minimum atomic E-state index is -0.672. The number of ether oxygens (including phenoxy) is 2. The maximum Gasteiger partial charge on any atom is 0.375 e. The summed E-state index contributed by atoms with van der Waals surface area (Å²) < 4.78 is 16.9. The quantitative estimate of drug-likeness (QED) is 0.551. The lowest BCUT2D eigenvalue weighted by molar-refractivity contribution is -0.125. The molecule has 2 unspecified atom stereocenters. The lowest BCUT2D eigenvalue weighted by Crippen LogP contribution is -2.42. The van der Waals surface area contributed by atoms with Crippen molar-refractivity contribution in [3.63, 3.8) is 0 Å². The first-order valence-corrected chi connectivity index (χ1v) is 10.8. The monoisotopic (exact) mass is 421 g/mol. The minimum Gasteiger partial charge on any atom is -0.489 e. The summed E-state index contributed by atoms with van der Waals surface area (Å²) in [5.74, 6) is 0.231. The van der Waals surface area contributed by atoms with Gasteiger partial charge in [-0.25, -0.2) is 4.79 Å². The number of furan rings is 1. The number of hydrogen-bond donors (Lipinski definition) is 1. The number of hydrogen-bond acceptors (Lipinski definition) is 5. The third-order valence-electron chi connectivity index (χ3n) is 5.80. The number of amides is 1. The molecule has 3 aromatic rings. The van der Waals surface area contributed by atoms with Crippen LogP contribution in [-0.2, 0) is 16.1 Å². The first-order chi connectivity index (χ1) is 15.1. The Balaban J connectivity index is 1.43. The highest BCUT2D eigenvalue weighted by atomic mass is 16.5. The van der Waals surface area contributed by atoms with Gasteiger partial charge in [0.05, 0.1) is 5.56 Å². The molecule has 1 heterocycles. The van der Waals surface area contributed by atoms with Crippen molar-refractivity contribution in [3.8, 4) is 5.75 Å². The van der Waals surface area contributed by atoms with Gasteiger partial charge in [-0.15, -0.1) is 0 Å². The molecule has 2 atom stereocenters. The van der Waals surface area contributed by atoms with Crippen LogP contribution in [0.3, 0.4) is 0 Å². The van der Waals surface area contributed by atoms with Crippen molar-refractivity contribution in [1.29, 1.82) is 0 Å². The number of para-hydroxylation sites is 2. The Morgan fingerprint density at radius 1 is 1.03 bits per heavy atom. The van der Waals surface area contributed by atoms with Crippen molar-refractivity contribution in [3.05, 3.63) is 65.9 Å². The minimum absolute atomic E-state index is 0.0657. The van der Waals surface area contributed by atoms with Crippen LogP contribution in [0.1, 0.15) is 48.7 Å². The predicted molar refractivity (Wildman–Crippen MR) is 117 cm³/mol. The second kappa shape index (κ2) is 9.69. The van der Waals surface area contributed by atoms with E-state index in [4.69, 9.17) is 13.9 Å². The van der Waals surface area contributed by atoms with E-state index in [1.54, 1.807) is 6.07 Å². The second-order valence-electron chi connectivity index (χ2n) is 8.02. The fraction of sp³-hybridized carbons (Fsp3) is 0.360. The summed E-state index contributed by atoms with van der Waals surface area (Å²) >= 11 is 0. The zero-order chi connectivity index (χ0) is 21.6. The van der Waals surface area contributed by atoms with Gasteiger partial charge in [-0.3, -0.25) is 4.79 Å². The highest BCUT2D eigenvalue weighted by Gasteiger charge is 2.25. The zero-order valence-electron chi connectivity index (χ0n) is 17.6. The smallest absolute Gasteiger partial charge is 0.375 e. The van der Waals surface area contributed by atoms with Crippen molar-refractivity contribution < 1.29 is 23.5 Å². The molecule has 4 rings (SSSR count). The van der Waals surface area contributed by atoms with Crippen molar-refractivity contribution in [2.45, 2.75) is 45.3 Å². The van der Waals surface area contributed by atoms with Crippen LogP contribution < -0.4 is 10.1 Å². The van der Waals surface area contributed by atoms with Gasteiger partial charge in [0.2, 0.25) is 5.76 Å². The molecule has 6 heteroatoms. The number of esters is 1. The number of rotatable bonds is 7. The van der Waals surface area contributed by atoms with Gasteiger partial charge in [-0.2, -0.15) is 0 Å². The van der Waals surface area contributed by atoms with Crippen molar-refractivity contribution >= 4 is 22.8 Å². The topological polar surface area (TPSA) is 77.8 Å². The second-order valence-corrected chi connectivity index (χ2v) is 8.02. The van der Waals surface area contributed by atoms with E-state index in [1.807, 2.05) is 48.5 Å². The highest BCUT2D eigenvalue weighted by Crippen LogP contribution is 2.28. The standard InChI is InChI=1S/C25H27NO5/c1-17-9-5-7-13-21(17)26-23(27)16-30-25(28)24-20(15-29-18-10-3-2-4-11-18)19-12-6-8-14-22(19)31-24/h2-4,6,8,10-12,14,17,21H,5,7,9,13,15-16H2,1H3,(H,26,27). The number of fused-ring (bicyclic) bond motifs is 1. The van der Waals surface area contributed by atoms with Crippen LogP contribution in [-0.4, -0.2) is 24.5 Å². The molecule has 0 spiro atoms. The lowest BCUT2D eigenvalue weighted by Gasteiger charge is -2.29. The molecule has 162 valence electrons. The van der Waals surface area contributed by atoms with E-state index in [0.29, 0.717) is 22.8 Å². The number of carbonyl (C=O) groups excluding carboxylic acids is 2. The molecule has 1 N–H and O–H groups in total. The molecule has 0 saturated heterocycles. The third kappa shape index (κ3) is 5.08. The summed E-state index contributed by atoms with van der Waals surface area (Å²) in [6, 6.07) is 16.9. The number of benzene rings is 2. The Morgan fingerprint density at radius 2 is 1.77 bits per heavy atom. The number of carbonyl (C=O) groups is 2. The van der Waals surface area contributed by atoms with Gasteiger partial charge in [-0.05, 0) is 37.0 Å². The summed E-state index contributed by atoms with van der Waals surface area (Å²) in [5, 5.41) is 3.78. The summed E-state index contributed by atoms with van der Waals surface area (Å²) in [7, 11) is 0. The van der Waals surface area contributed by atoms with Crippen molar-refractivity contribution in [2.75, 3.05) is 6.61 Å². The Kier molecular flexibility index (Phi) is 6.55. The highest BCUT2D eigenvalue weighted by molar-refractivity contribution is 5.96. The van der Waals surface area contributed by atoms with Gasteiger partial charge in [0, 0.05) is 11.4 Å². The van der Waals surface area contributed by atoms with Crippen LogP contribution >= 0.6 is 0 Å². The average Bonchev–Trinajstić information content (AvgIpc) is 3.17. The maximum atomic E-state index is 12.8. The summed E-state index contributed by atoms with van der Waals surface area (Å²) in [6.45, 7) is 1.96. The van der Waals surface area contributed by atoms with E-state index in [-0.39, 0.29) is 30.9 Å². The van der Waals surface area contributed by atoms with Crippen LogP contribution in [0, 0.1) is 5.92 Å². The molecular formula is C25H27NO5. The van der Waals surface area contributed by atoms with Crippen molar-refractivity contribution in [2.24, 2.45) is 5.92 Å².